The first-order valence-corrected chi connectivity index (χ1v) is 10.7. The lowest BCUT2D eigenvalue weighted by Gasteiger charge is -2.22. The molecule has 0 bridgehead atoms. The highest BCUT2D eigenvalue weighted by Gasteiger charge is 2.20. The van der Waals surface area contributed by atoms with Gasteiger partial charge in [-0.25, -0.2) is 0 Å². The van der Waals surface area contributed by atoms with Crippen molar-refractivity contribution >= 4 is 23.4 Å². The lowest BCUT2D eigenvalue weighted by Crippen LogP contribution is -2.42. The summed E-state index contributed by atoms with van der Waals surface area (Å²) in [6.45, 7) is -0.173. The predicted molar refractivity (Wildman–Crippen MR) is 129 cm³/mol. The lowest BCUT2D eigenvalue weighted by molar-refractivity contribution is -0.124. The molecule has 0 aliphatic rings. The van der Waals surface area contributed by atoms with Gasteiger partial charge in [0.2, 0.25) is 11.8 Å². The summed E-state index contributed by atoms with van der Waals surface area (Å²) in [6, 6.07) is 22.9. The molecule has 0 saturated carbocycles. The standard InChI is InChI=1S/C26H27N3O5/c1-33-22-12-8-20(9-13-22)26(32)29(17-19-6-4-3-5-7-19)18-25(31)27-16-24(30)28-21-10-14-23(34-2)15-11-21/h3-15H,16-18H2,1-2H3,(H,27,31)(H,28,30). The molecule has 2 N–H and O–H groups in total. The van der Waals surface area contributed by atoms with Crippen molar-refractivity contribution in [3.63, 3.8) is 0 Å². The van der Waals surface area contributed by atoms with Crippen molar-refractivity contribution in [2.24, 2.45) is 0 Å². The van der Waals surface area contributed by atoms with Crippen molar-refractivity contribution in [2.75, 3.05) is 32.6 Å². The van der Waals surface area contributed by atoms with Crippen LogP contribution in [0.25, 0.3) is 0 Å². The molecule has 0 fully saturated rings. The first kappa shape index (κ1) is 24.3. The van der Waals surface area contributed by atoms with E-state index in [0.717, 1.165) is 5.56 Å². The molecule has 3 aromatic rings. The molecule has 3 rings (SSSR count). The van der Waals surface area contributed by atoms with Gasteiger partial charge in [0.15, 0.2) is 0 Å². The number of carbonyl (C=O) groups is 3. The third-order valence-corrected chi connectivity index (χ3v) is 4.99. The van der Waals surface area contributed by atoms with E-state index in [1.54, 1.807) is 62.8 Å². The van der Waals surface area contributed by atoms with Crippen LogP contribution < -0.4 is 20.1 Å². The average Bonchev–Trinajstić information content (AvgIpc) is 2.88. The highest BCUT2D eigenvalue weighted by Crippen LogP contribution is 2.16. The Bertz CT molecular complexity index is 1100. The number of benzene rings is 3. The van der Waals surface area contributed by atoms with E-state index in [2.05, 4.69) is 10.6 Å². The van der Waals surface area contributed by atoms with Crippen molar-refractivity contribution < 1.29 is 23.9 Å². The second-order valence-corrected chi connectivity index (χ2v) is 7.43. The van der Waals surface area contributed by atoms with Crippen molar-refractivity contribution in [1.82, 2.24) is 10.2 Å². The topological polar surface area (TPSA) is 97.0 Å². The zero-order chi connectivity index (χ0) is 24.3. The lowest BCUT2D eigenvalue weighted by atomic mass is 10.1. The number of carbonyl (C=O) groups excluding carboxylic acids is 3. The minimum absolute atomic E-state index is 0.199. The first-order valence-electron chi connectivity index (χ1n) is 10.7. The van der Waals surface area contributed by atoms with E-state index in [0.29, 0.717) is 22.7 Å². The molecule has 0 spiro atoms. The maximum absolute atomic E-state index is 13.1. The Hall–Kier alpha value is -4.33. The van der Waals surface area contributed by atoms with Gasteiger partial charge in [-0.05, 0) is 54.1 Å². The van der Waals surface area contributed by atoms with Gasteiger partial charge < -0.3 is 25.0 Å². The number of anilines is 1. The summed E-state index contributed by atoms with van der Waals surface area (Å²) in [5.41, 5.74) is 1.90. The Kier molecular flexibility index (Phi) is 8.62. The van der Waals surface area contributed by atoms with Crippen molar-refractivity contribution in [2.45, 2.75) is 6.54 Å². The minimum Gasteiger partial charge on any atom is -0.497 e. The van der Waals surface area contributed by atoms with Gasteiger partial charge in [0.1, 0.15) is 18.0 Å². The SMILES string of the molecule is COc1ccc(NC(=O)CNC(=O)CN(Cc2ccccc2)C(=O)c2ccc(OC)cc2)cc1. The van der Waals surface area contributed by atoms with Crippen LogP contribution in [0.1, 0.15) is 15.9 Å². The van der Waals surface area contributed by atoms with Gasteiger partial charge in [-0.3, -0.25) is 14.4 Å². The highest BCUT2D eigenvalue weighted by atomic mass is 16.5. The van der Waals surface area contributed by atoms with E-state index in [1.807, 2.05) is 30.3 Å². The Morgan fingerprint density at radius 1 is 0.765 bits per heavy atom. The maximum atomic E-state index is 13.1. The van der Waals surface area contributed by atoms with Gasteiger partial charge in [0.25, 0.3) is 5.91 Å². The van der Waals surface area contributed by atoms with Gasteiger partial charge in [0, 0.05) is 17.8 Å². The van der Waals surface area contributed by atoms with Gasteiger partial charge in [-0.1, -0.05) is 30.3 Å². The smallest absolute Gasteiger partial charge is 0.254 e. The molecular weight excluding hydrogens is 434 g/mol. The fourth-order valence-corrected chi connectivity index (χ4v) is 3.21. The number of rotatable bonds is 10. The van der Waals surface area contributed by atoms with E-state index in [9.17, 15) is 14.4 Å². The summed E-state index contributed by atoms with van der Waals surface area (Å²) < 4.78 is 10.2. The molecule has 0 heterocycles. The van der Waals surface area contributed by atoms with E-state index >= 15 is 0 Å². The first-order chi connectivity index (χ1) is 16.5. The molecule has 3 amide bonds. The van der Waals surface area contributed by atoms with Gasteiger partial charge >= 0.3 is 0 Å². The van der Waals surface area contributed by atoms with Gasteiger partial charge in [-0.2, -0.15) is 0 Å². The van der Waals surface area contributed by atoms with Crippen molar-refractivity contribution in [3.05, 3.63) is 90.0 Å². The van der Waals surface area contributed by atoms with Crippen molar-refractivity contribution in [1.29, 1.82) is 0 Å². The van der Waals surface area contributed by atoms with Crippen LogP contribution >= 0.6 is 0 Å². The highest BCUT2D eigenvalue weighted by molar-refractivity contribution is 5.98. The summed E-state index contributed by atoms with van der Waals surface area (Å²) in [7, 11) is 3.11. The Morgan fingerprint density at radius 2 is 1.35 bits per heavy atom. The second-order valence-electron chi connectivity index (χ2n) is 7.43. The van der Waals surface area contributed by atoms with Crippen LogP contribution in [-0.4, -0.2) is 49.9 Å². The van der Waals surface area contributed by atoms with Crippen molar-refractivity contribution in [3.8, 4) is 11.5 Å². The summed E-state index contributed by atoms with van der Waals surface area (Å²) >= 11 is 0. The molecule has 34 heavy (non-hydrogen) atoms. The molecule has 0 saturated heterocycles. The number of nitrogens with one attached hydrogen (secondary N) is 2. The summed E-state index contributed by atoms with van der Waals surface area (Å²) in [5.74, 6) is 0.180. The van der Waals surface area contributed by atoms with Crippen LogP contribution in [0.5, 0.6) is 11.5 Å². The van der Waals surface area contributed by atoms with Gasteiger partial charge in [0.05, 0.1) is 20.8 Å². The predicted octanol–water partition coefficient (Wildman–Crippen LogP) is 3.10. The zero-order valence-corrected chi connectivity index (χ0v) is 19.1. The third-order valence-electron chi connectivity index (χ3n) is 4.99. The molecule has 8 nitrogen and oxygen atoms in total. The van der Waals surface area contributed by atoms with Crippen LogP contribution in [0.3, 0.4) is 0 Å². The van der Waals surface area contributed by atoms with E-state index < -0.39 is 5.91 Å². The monoisotopic (exact) mass is 461 g/mol. The average molecular weight is 462 g/mol. The molecular formula is C26H27N3O5. The van der Waals surface area contributed by atoms with Crippen LogP contribution in [0.2, 0.25) is 0 Å². The van der Waals surface area contributed by atoms with E-state index in [1.165, 1.54) is 4.90 Å². The van der Waals surface area contributed by atoms with E-state index in [4.69, 9.17) is 9.47 Å². The molecule has 0 aliphatic carbocycles. The summed E-state index contributed by atoms with van der Waals surface area (Å²) in [4.78, 5) is 39.4. The Labute approximate surface area is 198 Å². The number of hydrogen-bond donors (Lipinski definition) is 2. The molecule has 3 aromatic carbocycles. The fourth-order valence-electron chi connectivity index (χ4n) is 3.21. The third kappa shape index (κ3) is 7.09. The quantitative estimate of drug-likeness (QED) is 0.484. The van der Waals surface area contributed by atoms with Crippen LogP contribution in [0.15, 0.2) is 78.9 Å². The fraction of sp³-hybridized carbons (Fsp3) is 0.192. The molecule has 0 atom stereocenters. The number of hydrogen-bond acceptors (Lipinski definition) is 5. The summed E-state index contributed by atoms with van der Waals surface area (Å²) in [5, 5.41) is 5.28. The molecule has 176 valence electrons. The molecule has 0 unspecified atom stereocenters. The van der Waals surface area contributed by atoms with Crippen LogP contribution in [-0.2, 0) is 16.1 Å². The molecule has 0 aromatic heterocycles. The number of ether oxygens (including phenoxy) is 2. The Morgan fingerprint density at radius 3 is 1.94 bits per heavy atom. The Balaban J connectivity index is 1.61. The second kappa shape index (κ2) is 12.1. The zero-order valence-electron chi connectivity index (χ0n) is 19.1. The normalized spacial score (nSPS) is 10.2. The molecule has 8 heteroatoms. The van der Waals surface area contributed by atoms with Crippen LogP contribution in [0.4, 0.5) is 5.69 Å². The van der Waals surface area contributed by atoms with E-state index in [-0.39, 0.29) is 31.4 Å². The maximum Gasteiger partial charge on any atom is 0.254 e. The number of amides is 3. The largest absolute Gasteiger partial charge is 0.497 e. The van der Waals surface area contributed by atoms with Crippen LogP contribution in [0, 0.1) is 0 Å². The summed E-state index contributed by atoms with van der Waals surface area (Å²) in [6.07, 6.45) is 0. The number of nitrogens with zero attached hydrogens (tertiary/aromatic N) is 1. The van der Waals surface area contributed by atoms with Gasteiger partial charge in [-0.15, -0.1) is 0 Å². The minimum atomic E-state index is -0.442. The molecule has 0 aliphatic heterocycles. The number of methoxy groups -OCH3 is 2. The molecule has 0 radical (unpaired) electrons.